The highest BCUT2D eigenvalue weighted by molar-refractivity contribution is 7.89. The van der Waals surface area contributed by atoms with Crippen molar-refractivity contribution in [2.75, 3.05) is 44.2 Å². The number of nitrogens with zero attached hydrogens (tertiary/aromatic N) is 2. The Morgan fingerprint density at radius 1 is 1.00 bits per heavy atom. The lowest BCUT2D eigenvalue weighted by atomic mass is 10.2. The van der Waals surface area contributed by atoms with Crippen molar-refractivity contribution in [1.82, 2.24) is 9.62 Å². The summed E-state index contributed by atoms with van der Waals surface area (Å²) in [5.41, 5.74) is 1.69. The molecule has 1 N–H and O–H groups in total. The Bertz CT molecular complexity index is 848. The molecule has 0 aromatic heterocycles. The van der Waals surface area contributed by atoms with Crippen molar-refractivity contribution in [3.63, 3.8) is 0 Å². The molecule has 146 valence electrons. The molecule has 0 amide bonds. The average Bonchev–Trinajstić information content (AvgIpc) is 2.67. The fourth-order valence-electron chi connectivity index (χ4n) is 3.23. The molecule has 0 radical (unpaired) electrons. The van der Waals surface area contributed by atoms with E-state index in [9.17, 15) is 12.8 Å². The van der Waals surface area contributed by atoms with Gasteiger partial charge in [0.15, 0.2) is 0 Å². The van der Waals surface area contributed by atoms with E-state index < -0.39 is 10.0 Å². The Balaban J connectivity index is 1.40. The summed E-state index contributed by atoms with van der Waals surface area (Å²) in [6.07, 6.45) is 0.741. The highest BCUT2D eigenvalue weighted by atomic mass is 32.2. The van der Waals surface area contributed by atoms with E-state index in [4.69, 9.17) is 0 Å². The van der Waals surface area contributed by atoms with Crippen LogP contribution in [0.25, 0.3) is 0 Å². The normalized spacial score (nSPS) is 15.9. The van der Waals surface area contributed by atoms with E-state index in [1.54, 1.807) is 30.3 Å². The molecule has 2 aromatic rings. The maximum Gasteiger partial charge on any atom is 0.240 e. The Hall–Kier alpha value is -1.96. The second-order valence-electron chi connectivity index (χ2n) is 6.84. The van der Waals surface area contributed by atoms with Crippen molar-refractivity contribution in [1.29, 1.82) is 0 Å². The maximum atomic E-state index is 13.9. The van der Waals surface area contributed by atoms with Gasteiger partial charge in [0.25, 0.3) is 0 Å². The minimum atomic E-state index is -3.45. The molecule has 2 aromatic carbocycles. The second-order valence-corrected chi connectivity index (χ2v) is 8.61. The van der Waals surface area contributed by atoms with Gasteiger partial charge in [-0.25, -0.2) is 17.5 Å². The molecule has 1 fully saturated rings. The van der Waals surface area contributed by atoms with Crippen molar-refractivity contribution in [2.45, 2.75) is 18.2 Å². The number of hydrogen-bond donors (Lipinski definition) is 1. The van der Waals surface area contributed by atoms with Gasteiger partial charge in [0.05, 0.1) is 10.6 Å². The third-order valence-electron chi connectivity index (χ3n) is 4.84. The molecular formula is C20H26FN3O2S. The number of nitrogens with one attached hydrogen (secondary N) is 1. The lowest BCUT2D eigenvalue weighted by molar-refractivity contribution is 0.255. The zero-order chi connectivity index (χ0) is 19.3. The first kappa shape index (κ1) is 19.8. The standard InChI is InChI=1S/C20H26FN3O2S/c1-17-7-9-18(10-8-17)27(25,26)22-11-4-12-23-13-15-24(16-14-23)20-6-3-2-5-19(20)21/h2-3,5-10,22H,4,11-16H2,1H3. The number of rotatable bonds is 7. The van der Waals surface area contributed by atoms with Gasteiger partial charge >= 0.3 is 0 Å². The van der Waals surface area contributed by atoms with E-state index in [0.29, 0.717) is 17.1 Å². The van der Waals surface area contributed by atoms with Crippen LogP contribution in [0.5, 0.6) is 0 Å². The maximum absolute atomic E-state index is 13.9. The number of para-hydroxylation sites is 1. The van der Waals surface area contributed by atoms with Crippen LogP contribution in [-0.2, 0) is 10.0 Å². The predicted octanol–water partition coefficient (Wildman–Crippen LogP) is 2.62. The fourth-order valence-corrected chi connectivity index (χ4v) is 4.30. The third kappa shape index (κ3) is 5.28. The molecule has 7 heteroatoms. The van der Waals surface area contributed by atoms with E-state index in [1.807, 2.05) is 19.1 Å². The first-order valence-corrected chi connectivity index (χ1v) is 10.7. The monoisotopic (exact) mass is 391 g/mol. The Morgan fingerprint density at radius 3 is 2.33 bits per heavy atom. The predicted molar refractivity (Wildman–Crippen MR) is 106 cm³/mol. The van der Waals surface area contributed by atoms with E-state index in [1.165, 1.54) is 6.07 Å². The van der Waals surface area contributed by atoms with Crippen LogP contribution in [0.2, 0.25) is 0 Å². The summed E-state index contributed by atoms with van der Waals surface area (Å²) in [6.45, 7) is 6.39. The van der Waals surface area contributed by atoms with Gasteiger partial charge in [-0.15, -0.1) is 0 Å². The van der Waals surface area contributed by atoms with E-state index in [2.05, 4.69) is 14.5 Å². The van der Waals surface area contributed by atoms with Crippen LogP contribution in [0, 0.1) is 12.7 Å². The van der Waals surface area contributed by atoms with E-state index in [0.717, 1.165) is 44.7 Å². The number of benzene rings is 2. The Morgan fingerprint density at radius 2 is 1.67 bits per heavy atom. The molecular weight excluding hydrogens is 365 g/mol. The van der Waals surface area contributed by atoms with Crippen LogP contribution >= 0.6 is 0 Å². The van der Waals surface area contributed by atoms with Gasteiger partial charge in [-0.1, -0.05) is 29.8 Å². The number of halogens is 1. The van der Waals surface area contributed by atoms with Crippen LogP contribution in [-0.4, -0.2) is 52.6 Å². The molecule has 3 rings (SSSR count). The highest BCUT2D eigenvalue weighted by Gasteiger charge is 2.19. The second kappa shape index (κ2) is 8.82. The Labute approximate surface area is 160 Å². The molecule has 1 aliphatic heterocycles. The molecule has 0 atom stereocenters. The molecule has 0 bridgehead atoms. The molecule has 1 saturated heterocycles. The van der Waals surface area contributed by atoms with E-state index >= 15 is 0 Å². The molecule has 27 heavy (non-hydrogen) atoms. The average molecular weight is 392 g/mol. The third-order valence-corrected chi connectivity index (χ3v) is 6.32. The zero-order valence-electron chi connectivity index (χ0n) is 15.6. The van der Waals surface area contributed by atoms with Crippen LogP contribution in [0.3, 0.4) is 0 Å². The summed E-state index contributed by atoms with van der Waals surface area (Å²) in [6, 6.07) is 13.7. The topological polar surface area (TPSA) is 52.7 Å². The summed E-state index contributed by atoms with van der Waals surface area (Å²) in [5, 5.41) is 0. The van der Waals surface area contributed by atoms with E-state index in [-0.39, 0.29) is 5.82 Å². The Kier molecular flexibility index (Phi) is 6.46. The van der Waals surface area contributed by atoms with Crippen LogP contribution < -0.4 is 9.62 Å². The van der Waals surface area contributed by atoms with Gasteiger partial charge in [-0.3, -0.25) is 4.90 Å². The highest BCUT2D eigenvalue weighted by Crippen LogP contribution is 2.20. The quantitative estimate of drug-likeness (QED) is 0.738. The summed E-state index contributed by atoms with van der Waals surface area (Å²) >= 11 is 0. The van der Waals surface area contributed by atoms with Crippen LogP contribution in [0.15, 0.2) is 53.4 Å². The van der Waals surface area contributed by atoms with Crippen molar-refractivity contribution in [3.8, 4) is 0 Å². The first-order chi connectivity index (χ1) is 13.0. The molecule has 0 unspecified atom stereocenters. The molecule has 5 nitrogen and oxygen atoms in total. The molecule has 0 aliphatic carbocycles. The van der Waals surface area contributed by atoms with Crippen molar-refractivity contribution < 1.29 is 12.8 Å². The largest absolute Gasteiger partial charge is 0.367 e. The van der Waals surface area contributed by atoms with Crippen molar-refractivity contribution in [3.05, 3.63) is 59.9 Å². The van der Waals surface area contributed by atoms with Crippen LogP contribution in [0.1, 0.15) is 12.0 Å². The molecule has 1 aliphatic rings. The molecule has 0 spiro atoms. The van der Waals surface area contributed by atoms with Crippen molar-refractivity contribution >= 4 is 15.7 Å². The number of piperazine rings is 1. The molecule has 0 saturated carbocycles. The number of aryl methyl sites for hydroxylation is 1. The summed E-state index contributed by atoms with van der Waals surface area (Å²) in [5.74, 6) is -0.184. The summed E-state index contributed by atoms with van der Waals surface area (Å²) < 4.78 is 41.1. The van der Waals surface area contributed by atoms with Gasteiger partial charge in [0.2, 0.25) is 10.0 Å². The lowest BCUT2D eigenvalue weighted by Gasteiger charge is -2.36. The fraction of sp³-hybridized carbons (Fsp3) is 0.400. The first-order valence-electron chi connectivity index (χ1n) is 9.24. The summed E-state index contributed by atoms with van der Waals surface area (Å²) in [4.78, 5) is 4.65. The zero-order valence-corrected chi connectivity index (χ0v) is 16.4. The number of anilines is 1. The number of hydrogen-bond acceptors (Lipinski definition) is 4. The summed E-state index contributed by atoms with van der Waals surface area (Å²) in [7, 11) is -3.45. The number of sulfonamides is 1. The van der Waals surface area contributed by atoms with Gasteiger partial charge in [0.1, 0.15) is 5.82 Å². The van der Waals surface area contributed by atoms with Crippen molar-refractivity contribution in [2.24, 2.45) is 0 Å². The SMILES string of the molecule is Cc1ccc(S(=O)(=O)NCCCN2CCN(c3ccccc3F)CC2)cc1. The van der Waals surface area contributed by atoms with Gasteiger partial charge in [0, 0.05) is 32.7 Å². The lowest BCUT2D eigenvalue weighted by Crippen LogP contribution is -2.47. The van der Waals surface area contributed by atoms with Gasteiger partial charge in [-0.2, -0.15) is 0 Å². The van der Waals surface area contributed by atoms with Gasteiger partial charge < -0.3 is 4.90 Å². The minimum absolute atomic E-state index is 0.184. The van der Waals surface area contributed by atoms with Crippen LogP contribution in [0.4, 0.5) is 10.1 Å². The molecule has 1 heterocycles. The minimum Gasteiger partial charge on any atom is -0.367 e. The smallest absolute Gasteiger partial charge is 0.240 e. The van der Waals surface area contributed by atoms with Gasteiger partial charge in [-0.05, 0) is 44.2 Å².